The number of thiazole rings is 1. The van der Waals surface area contributed by atoms with E-state index in [4.69, 9.17) is 5.73 Å². The molecule has 0 bridgehead atoms. The van der Waals surface area contributed by atoms with Crippen molar-refractivity contribution in [2.45, 2.75) is 6.42 Å². The summed E-state index contributed by atoms with van der Waals surface area (Å²) < 4.78 is 26.7. The molecule has 0 saturated heterocycles. The van der Waals surface area contributed by atoms with Crippen molar-refractivity contribution < 1.29 is 8.78 Å². The van der Waals surface area contributed by atoms with Crippen LogP contribution in [0.3, 0.4) is 0 Å². The van der Waals surface area contributed by atoms with Gasteiger partial charge < -0.3 is 11.1 Å². The lowest BCUT2D eigenvalue weighted by Gasteiger charge is -2.04. The number of aromatic nitrogens is 1. The van der Waals surface area contributed by atoms with E-state index in [1.807, 2.05) is 5.38 Å². The zero-order chi connectivity index (χ0) is 12.3. The molecule has 2 rings (SSSR count). The van der Waals surface area contributed by atoms with E-state index in [1.165, 1.54) is 29.5 Å². The van der Waals surface area contributed by atoms with E-state index in [9.17, 15) is 8.78 Å². The average molecular weight is 255 g/mol. The van der Waals surface area contributed by atoms with Gasteiger partial charge in [-0.25, -0.2) is 13.8 Å². The first-order valence-corrected chi connectivity index (χ1v) is 5.94. The number of benzene rings is 1. The largest absolute Gasteiger partial charge is 0.330 e. The maximum Gasteiger partial charge on any atom is 0.187 e. The first kappa shape index (κ1) is 11.9. The van der Waals surface area contributed by atoms with Gasteiger partial charge in [0.1, 0.15) is 17.3 Å². The van der Waals surface area contributed by atoms with Gasteiger partial charge in [0.25, 0.3) is 0 Å². The fraction of sp³-hybridized carbons (Fsp3) is 0.182. The van der Waals surface area contributed by atoms with Gasteiger partial charge in [0.05, 0.1) is 5.69 Å². The van der Waals surface area contributed by atoms with Gasteiger partial charge in [-0.1, -0.05) is 6.07 Å². The molecule has 1 aromatic carbocycles. The zero-order valence-electron chi connectivity index (χ0n) is 8.91. The number of anilines is 2. The van der Waals surface area contributed by atoms with Crippen LogP contribution in [0.4, 0.5) is 19.6 Å². The summed E-state index contributed by atoms with van der Waals surface area (Å²) in [6.45, 7) is 0.497. The van der Waals surface area contributed by atoms with E-state index in [0.717, 1.165) is 5.69 Å². The number of nitrogens with two attached hydrogens (primary N) is 1. The van der Waals surface area contributed by atoms with Crippen LogP contribution in [0.2, 0.25) is 0 Å². The van der Waals surface area contributed by atoms with E-state index in [1.54, 1.807) is 0 Å². The van der Waals surface area contributed by atoms with E-state index >= 15 is 0 Å². The summed E-state index contributed by atoms with van der Waals surface area (Å²) in [5.41, 5.74) is 6.03. The monoisotopic (exact) mass is 255 g/mol. The molecule has 2 aromatic rings. The van der Waals surface area contributed by atoms with Crippen LogP contribution in [0.5, 0.6) is 0 Å². The van der Waals surface area contributed by atoms with Crippen molar-refractivity contribution in [3.8, 4) is 0 Å². The van der Waals surface area contributed by atoms with Gasteiger partial charge in [0, 0.05) is 11.8 Å². The van der Waals surface area contributed by atoms with Crippen LogP contribution in [-0.2, 0) is 6.42 Å². The Hall–Kier alpha value is -1.53. The van der Waals surface area contributed by atoms with Crippen molar-refractivity contribution in [3.05, 3.63) is 40.9 Å². The molecule has 0 spiro atoms. The molecule has 0 unspecified atom stereocenters. The van der Waals surface area contributed by atoms with Crippen molar-refractivity contribution in [2.75, 3.05) is 11.9 Å². The second-order valence-corrected chi connectivity index (χ2v) is 4.26. The van der Waals surface area contributed by atoms with Gasteiger partial charge in [0.15, 0.2) is 5.13 Å². The number of para-hydroxylation sites is 1. The van der Waals surface area contributed by atoms with Crippen LogP contribution in [0.15, 0.2) is 23.6 Å². The van der Waals surface area contributed by atoms with E-state index in [2.05, 4.69) is 10.3 Å². The number of nitrogens with zero attached hydrogens (tertiary/aromatic N) is 1. The lowest BCUT2D eigenvalue weighted by atomic mass is 10.3. The second-order valence-electron chi connectivity index (χ2n) is 3.40. The third kappa shape index (κ3) is 2.78. The van der Waals surface area contributed by atoms with E-state index < -0.39 is 11.6 Å². The summed E-state index contributed by atoms with van der Waals surface area (Å²) >= 11 is 1.29. The molecule has 0 aliphatic rings. The minimum atomic E-state index is -0.638. The number of halogens is 2. The quantitative estimate of drug-likeness (QED) is 0.883. The molecular weight excluding hydrogens is 244 g/mol. The Morgan fingerprint density at radius 2 is 2.00 bits per heavy atom. The summed E-state index contributed by atoms with van der Waals surface area (Å²) in [6, 6.07) is 3.71. The number of hydrogen-bond acceptors (Lipinski definition) is 4. The average Bonchev–Trinajstić information content (AvgIpc) is 2.72. The Bertz CT molecular complexity index is 493. The van der Waals surface area contributed by atoms with Crippen LogP contribution in [-0.4, -0.2) is 11.5 Å². The van der Waals surface area contributed by atoms with Crippen LogP contribution in [0.1, 0.15) is 5.69 Å². The molecule has 0 fully saturated rings. The van der Waals surface area contributed by atoms with Crippen LogP contribution in [0, 0.1) is 11.6 Å². The topological polar surface area (TPSA) is 50.9 Å². The molecule has 1 heterocycles. The second kappa shape index (κ2) is 5.20. The molecule has 1 aromatic heterocycles. The van der Waals surface area contributed by atoms with Gasteiger partial charge in [-0.2, -0.15) is 0 Å². The van der Waals surface area contributed by atoms with Crippen LogP contribution >= 0.6 is 11.3 Å². The summed E-state index contributed by atoms with van der Waals surface area (Å²) in [5, 5.41) is 4.91. The molecule has 0 atom stereocenters. The summed E-state index contributed by atoms with van der Waals surface area (Å²) in [6.07, 6.45) is 0.651. The summed E-state index contributed by atoms with van der Waals surface area (Å²) in [4.78, 5) is 4.17. The van der Waals surface area contributed by atoms with Crippen molar-refractivity contribution in [1.82, 2.24) is 4.98 Å². The normalized spacial score (nSPS) is 10.5. The molecule has 0 aliphatic heterocycles. The van der Waals surface area contributed by atoms with Crippen LogP contribution in [0.25, 0.3) is 0 Å². The summed E-state index contributed by atoms with van der Waals surface area (Å²) in [7, 11) is 0. The third-order valence-electron chi connectivity index (χ3n) is 2.15. The SMILES string of the molecule is NCCc1csc(Nc2c(F)cccc2F)n1. The molecule has 0 aliphatic carbocycles. The van der Waals surface area contributed by atoms with Gasteiger partial charge >= 0.3 is 0 Å². The minimum absolute atomic E-state index is 0.179. The molecule has 0 amide bonds. The molecule has 0 saturated carbocycles. The van der Waals surface area contributed by atoms with Gasteiger partial charge in [-0.05, 0) is 18.7 Å². The highest BCUT2D eigenvalue weighted by molar-refractivity contribution is 7.13. The maximum absolute atomic E-state index is 13.3. The Labute approximate surface area is 101 Å². The fourth-order valence-corrected chi connectivity index (χ4v) is 2.10. The fourth-order valence-electron chi connectivity index (χ4n) is 1.35. The highest BCUT2D eigenvalue weighted by Crippen LogP contribution is 2.25. The molecule has 0 radical (unpaired) electrons. The number of nitrogens with one attached hydrogen (secondary N) is 1. The Morgan fingerprint density at radius 3 is 2.65 bits per heavy atom. The number of hydrogen-bond donors (Lipinski definition) is 2. The van der Waals surface area contributed by atoms with Crippen molar-refractivity contribution >= 4 is 22.2 Å². The third-order valence-corrected chi connectivity index (χ3v) is 2.95. The molecular formula is C11H11F2N3S. The Morgan fingerprint density at radius 1 is 1.29 bits per heavy atom. The standard InChI is InChI=1S/C11H11F2N3S/c12-8-2-1-3-9(13)10(8)16-11-15-7(4-5-14)6-17-11/h1-3,6H,4-5,14H2,(H,15,16). The molecule has 3 nitrogen and oxygen atoms in total. The predicted octanol–water partition coefficient (Wildman–Crippen LogP) is 2.67. The van der Waals surface area contributed by atoms with Crippen molar-refractivity contribution in [2.24, 2.45) is 5.73 Å². The Balaban J connectivity index is 2.19. The Kier molecular flexibility index (Phi) is 3.65. The highest BCUT2D eigenvalue weighted by Gasteiger charge is 2.10. The maximum atomic E-state index is 13.3. The van der Waals surface area contributed by atoms with E-state index in [0.29, 0.717) is 18.1 Å². The van der Waals surface area contributed by atoms with Crippen molar-refractivity contribution in [3.63, 3.8) is 0 Å². The first-order valence-electron chi connectivity index (χ1n) is 5.06. The minimum Gasteiger partial charge on any atom is -0.330 e. The number of rotatable bonds is 4. The van der Waals surface area contributed by atoms with Gasteiger partial charge in [-0.3, -0.25) is 0 Å². The first-order chi connectivity index (χ1) is 8.20. The van der Waals surface area contributed by atoms with E-state index in [-0.39, 0.29) is 5.69 Å². The molecule has 6 heteroatoms. The predicted molar refractivity (Wildman–Crippen MR) is 64.5 cm³/mol. The molecule has 90 valence electrons. The lowest BCUT2D eigenvalue weighted by molar-refractivity contribution is 0.590. The smallest absolute Gasteiger partial charge is 0.187 e. The van der Waals surface area contributed by atoms with Gasteiger partial charge in [-0.15, -0.1) is 11.3 Å². The highest BCUT2D eigenvalue weighted by atomic mass is 32.1. The molecule has 3 N–H and O–H groups in total. The summed E-state index contributed by atoms with van der Waals surface area (Å²) in [5.74, 6) is -1.28. The van der Waals surface area contributed by atoms with Gasteiger partial charge in [0.2, 0.25) is 0 Å². The zero-order valence-corrected chi connectivity index (χ0v) is 9.73. The molecule has 17 heavy (non-hydrogen) atoms. The van der Waals surface area contributed by atoms with Crippen molar-refractivity contribution in [1.29, 1.82) is 0 Å². The lowest BCUT2D eigenvalue weighted by Crippen LogP contribution is -2.03. The van der Waals surface area contributed by atoms with Crippen LogP contribution < -0.4 is 11.1 Å².